The molecule has 6 rings (SSSR count). The highest BCUT2D eigenvalue weighted by Crippen LogP contribution is 2.43. The first-order valence-electron chi connectivity index (χ1n) is 13.6. The zero-order valence-corrected chi connectivity index (χ0v) is 23.8. The average Bonchev–Trinajstić information content (AvgIpc) is 3.52. The van der Waals surface area contributed by atoms with Gasteiger partial charge >= 0.3 is 0 Å². The fourth-order valence-corrected chi connectivity index (χ4v) is 6.86. The van der Waals surface area contributed by atoms with Gasteiger partial charge in [0.15, 0.2) is 5.11 Å². The van der Waals surface area contributed by atoms with Gasteiger partial charge in [-0.15, -0.1) is 0 Å². The van der Waals surface area contributed by atoms with Crippen molar-refractivity contribution in [2.24, 2.45) is 11.8 Å². The van der Waals surface area contributed by atoms with Crippen molar-refractivity contribution in [2.75, 3.05) is 22.9 Å². The first-order valence-corrected chi connectivity index (χ1v) is 14.4. The van der Waals surface area contributed by atoms with Gasteiger partial charge in [-0.1, -0.05) is 37.6 Å². The molecule has 2 aliphatic heterocycles. The monoisotopic (exact) mass is 556 g/mol. The number of hydrogen-bond donors (Lipinski definition) is 1. The Labute approximate surface area is 240 Å². The van der Waals surface area contributed by atoms with E-state index >= 15 is 0 Å². The summed E-state index contributed by atoms with van der Waals surface area (Å²) in [6.45, 7) is 7.41. The second kappa shape index (κ2) is 11.0. The van der Waals surface area contributed by atoms with E-state index < -0.39 is 0 Å². The fraction of sp³-hybridized carbons (Fsp3) is 0.323. The number of rotatable bonds is 6. The number of halogens is 1. The largest absolute Gasteiger partial charge is 0.370 e. The van der Waals surface area contributed by atoms with Gasteiger partial charge < -0.3 is 19.7 Å². The van der Waals surface area contributed by atoms with Crippen LogP contribution in [0.5, 0.6) is 0 Å². The summed E-state index contributed by atoms with van der Waals surface area (Å²) in [5.41, 5.74) is 5.29. The number of anilines is 2. The van der Waals surface area contributed by atoms with Crippen LogP contribution < -0.4 is 15.1 Å². The van der Waals surface area contributed by atoms with Crippen molar-refractivity contribution in [2.45, 2.75) is 38.9 Å². The zero-order valence-electron chi connectivity index (χ0n) is 22.2. The maximum atomic E-state index is 6.99. The van der Waals surface area contributed by atoms with E-state index in [-0.39, 0.29) is 12.1 Å². The molecule has 4 atom stereocenters. The van der Waals surface area contributed by atoms with E-state index in [1.165, 1.54) is 6.42 Å². The van der Waals surface area contributed by atoms with E-state index in [1.807, 2.05) is 30.6 Å². The third-order valence-corrected chi connectivity index (χ3v) is 8.38. The number of nitrogens with one attached hydrogen (secondary N) is 1. The van der Waals surface area contributed by atoms with Crippen molar-refractivity contribution in [1.29, 1.82) is 0 Å². The maximum Gasteiger partial charge on any atom is 0.174 e. The van der Waals surface area contributed by atoms with Crippen LogP contribution >= 0.6 is 23.8 Å². The lowest BCUT2D eigenvalue weighted by atomic mass is 9.91. The van der Waals surface area contributed by atoms with Crippen molar-refractivity contribution in [3.63, 3.8) is 0 Å². The van der Waals surface area contributed by atoms with Gasteiger partial charge in [-0.05, 0) is 84.6 Å². The molecular formula is C31H33ClN6S. The van der Waals surface area contributed by atoms with Crippen LogP contribution in [0.25, 0.3) is 0 Å². The minimum atomic E-state index is -0.122. The van der Waals surface area contributed by atoms with Gasteiger partial charge in [0, 0.05) is 55.8 Å². The van der Waals surface area contributed by atoms with Gasteiger partial charge in [0.1, 0.15) is 6.04 Å². The smallest absolute Gasteiger partial charge is 0.174 e. The second-order valence-corrected chi connectivity index (χ2v) is 11.7. The molecule has 0 saturated carbocycles. The Kier molecular flexibility index (Phi) is 7.28. The summed E-state index contributed by atoms with van der Waals surface area (Å²) in [4.78, 5) is 13.6. The van der Waals surface area contributed by atoms with Crippen LogP contribution in [0.15, 0.2) is 85.5 Å². The second-order valence-electron chi connectivity index (χ2n) is 10.9. The third-order valence-electron chi connectivity index (χ3n) is 7.76. The average molecular weight is 557 g/mol. The van der Waals surface area contributed by atoms with Crippen LogP contribution in [0, 0.1) is 11.8 Å². The molecule has 39 heavy (non-hydrogen) atoms. The van der Waals surface area contributed by atoms with Crippen molar-refractivity contribution < 1.29 is 0 Å². The number of nitrogens with zero attached hydrogens (tertiary/aromatic N) is 5. The summed E-state index contributed by atoms with van der Waals surface area (Å²) in [7, 11) is 0. The highest BCUT2D eigenvalue weighted by Gasteiger charge is 2.42. The van der Waals surface area contributed by atoms with Crippen molar-refractivity contribution in [3.05, 3.63) is 107 Å². The van der Waals surface area contributed by atoms with Crippen molar-refractivity contribution >= 4 is 40.3 Å². The molecule has 4 aromatic rings. The van der Waals surface area contributed by atoms with Crippen LogP contribution in [0.2, 0.25) is 5.02 Å². The predicted octanol–water partition coefficient (Wildman–Crippen LogP) is 6.64. The van der Waals surface area contributed by atoms with Crippen LogP contribution in [0.1, 0.15) is 49.3 Å². The minimum absolute atomic E-state index is 0.115. The topological polar surface area (TPSA) is 49.2 Å². The highest BCUT2D eigenvalue weighted by atomic mass is 35.5. The molecule has 200 valence electrons. The molecule has 0 radical (unpaired) electrons. The van der Waals surface area contributed by atoms with Gasteiger partial charge in [-0.2, -0.15) is 0 Å². The lowest BCUT2D eigenvalue weighted by Crippen LogP contribution is -2.38. The van der Waals surface area contributed by atoms with Gasteiger partial charge in [-0.25, -0.2) is 0 Å². The Morgan fingerprint density at radius 2 is 1.85 bits per heavy atom. The molecule has 8 heteroatoms. The maximum absolute atomic E-state index is 6.99. The van der Waals surface area contributed by atoms with E-state index in [1.54, 1.807) is 6.20 Å². The summed E-state index contributed by atoms with van der Waals surface area (Å²) < 4.78 is 2.27. The molecule has 1 N–H and O–H groups in total. The van der Waals surface area contributed by atoms with E-state index in [2.05, 4.69) is 87.2 Å². The molecule has 0 unspecified atom stereocenters. The van der Waals surface area contributed by atoms with Gasteiger partial charge in [0.05, 0.1) is 22.4 Å². The molecule has 6 nitrogen and oxygen atoms in total. The number of hydrogen-bond acceptors (Lipinski definition) is 4. The highest BCUT2D eigenvalue weighted by molar-refractivity contribution is 7.80. The van der Waals surface area contributed by atoms with Crippen molar-refractivity contribution in [3.8, 4) is 0 Å². The van der Waals surface area contributed by atoms with Crippen LogP contribution in [-0.2, 0) is 6.54 Å². The fourth-order valence-electron chi connectivity index (χ4n) is 6.22. The lowest BCUT2D eigenvalue weighted by molar-refractivity contribution is 0.357. The minimum Gasteiger partial charge on any atom is -0.370 e. The molecule has 0 aliphatic carbocycles. The van der Waals surface area contributed by atoms with Crippen LogP contribution in [0.4, 0.5) is 11.4 Å². The van der Waals surface area contributed by atoms with Gasteiger partial charge in [-0.3, -0.25) is 9.97 Å². The first-order chi connectivity index (χ1) is 19.0. The zero-order chi connectivity index (χ0) is 26.9. The third kappa shape index (κ3) is 5.25. The molecule has 2 aliphatic rings. The SMILES string of the molecule is C[C@@H]1C[C@H](C)CN(c2ccc(N3C(=S)N[C@H](c4ccccn4)[C@H]3c3cccn3Cc3cccnc3)cc2Cl)C1. The molecular weight excluding hydrogens is 524 g/mol. The summed E-state index contributed by atoms with van der Waals surface area (Å²) in [6, 6.07) is 20.5. The number of thiocarbonyl (C=S) groups is 1. The van der Waals surface area contributed by atoms with Crippen LogP contribution in [0.3, 0.4) is 0 Å². The Morgan fingerprint density at radius 3 is 2.56 bits per heavy atom. The standard InChI is InChI=1S/C31H33ClN6S/c1-21-15-22(2)19-37(18-21)27-11-10-24(16-25(27)32)38-30(29(35-31(38)39)26-8-3-4-13-34-26)28-9-6-14-36(28)20-23-7-5-12-33-17-23/h3-14,16-17,21-22,29-30H,15,18-20H2,1-2H3,(H,35,39)/t21-,22+,29-,30-/m1/s1. The first kappa shape index (κ1) is 25.8. The molecule has 2 saturated heterocycles. The van der Waals surface area contributed by atoms with Crippen LogP contribution in [-0.4, -0.2) is 32.7 Å². The Bertz CT molecular complexity index is 1430. The van der Waals surface area contributed by atoms with Crippen molar-refractivity contribution in [1.82, 2.24) is 19.9 Å². The Hall–Kier alpha value is -3.42. The predicted molar refractivity (Wildman–Crippen MR) is 162 cm³/mol. The molecule has 1 aromatic carbocycles. The number of pyridine rings is 2. The lowest BCUT2D eigenvalue weighted by Gasteiger charge is -2.37. The molecule has 0 spiro atoms. The summed E-state index contributed by atoms with van der Waals surface area (Å²) in [5, 5.41) is 4.99. The van der Waals surface area contributed by atoms with E-state index in [0.717, 1.165) is 46.4 Å². The molecule has 2 fully saturated rings. The number of benzene rings is 1. The van der Waals surface area contributed by atoms with Gasteiger partial charge in [0.25, 0.3) is 0 Å². The Balaban J connectivity index is 1.39. The Morgan fingerprint density at radius 1 is 1.00 bits per heavy atom. The molecule has 0 bridgehead atoms. The summed E-state index contributed by atoms with van der Waals surface area (Å²) in [6.07, 6.45) is 8.93. The number of piperidine rings is 1. The normalized spacial score (nSPS) is 23.2. The molecule has 3 aromatic heterocycles. The summed E-state index contributed by atoms with van der Waals surface area (Å²) >= 11 is 13.0. The van der Waals surface area contributed by atoms with E-state index in [4.69, 9.17) is 28.8 Å². The molecule has 5 heterocycles. The van der Waals surface area contributed by atoms with Gasteiger partial charge in [0.2, 0.25) is 0 Å². The number of aromatic nitrogens is 3. The van der Waals surface area contributed by atoms with E-state index in [0.29, 0.717) is 23.5 Å². The summed E-state index contributed by atoms with van der Waals surface area (Å²) in [5.74, 6) is 1.30. The quantitative estimate of drug-likeness (QED) is 0.269. The molecule has 0 amide bonds. The van der Waals surface area contributed by atoms with E-state index in [9.17, 15) is 0 Å².